The zero-order valence-electron chi connectivity index (χ0n) is 20.1. The summed E-state index contributed by atoms with van der Waals surface area (Å²) in [5.41, 5.74) is 7.76. The molecule has 2 aromatic carbocycles. The van der Waals surface area contributed by atoms with Crippen LogP contribution >= 0.6 is 0 Å². The molecule has 1 aliphatic rings. The number of benzene rings is 2. The van der Waals surface area contributed by atoms with Crippen molar-refractivity contribution in [2.45, 2.75) is 65.1 Å². The number of ether oxygens (including phenoxy) is 1. The van der Waals surface area contributed by atoms with Crippen LogP contribution in [0.15, 0.2) is 53.7 Å². The van der Waals surface area contributed by atoms with Gasteiger partial charge >= 0.3 is 0 Å². The van der Waals surface area contributed by atoms with E-state index in [9.17, 15) is 4.79 Å². The third-order valence-corrected chi connectivity index (χ3v) is 6.11. The number of rotatable bonds is 10. The van der Waals surface area contributed by atoms with Crippen molar-refractivity contribution in [2.24, 2.45) is 10.9 Å². The van der Waals surface area contributed by atoms with Crippen molar-refractivity contribution in [1.29, 1.82) is 0 Å². The molecule has 0 saturated carbocycles. The molecule has 1 heterocycles. The standard InChI is InChI=1S/C26H36N4O3/c1-18(2)29(19(3)4)15-8-5-9-16-30-22-13-6-7-14-23(22)33-24(26(30)31)20-11-10-12-21(17-20)25(27)28-32/h6-7,10-14,17-19,24,32H,5,8-9,15-16H2,1-4H3,(H2,27,28). The van der Waals surface area contributed by atoms with Gasteiger partial charge in [-0.15, -0.1) is 0 Å². The van der Waals surface area contributed by atoms with E-state index >= 15 is 0 Å². The number of nitrogens with two attached hydrogens (primary N) is 1. The lowest BCUT2D eigenvalue weighted by molar-refractivity contribution is -0.126. The van der Waals surface area contributed by atoms with E-state index in [-0.39, 0.29) is 11.7 Å². The Bertz CT molecular complexity index is 966. The summed E-state index contributed by atoms with van der Waals surface area (Å²) in [6, 6.07) is 15.8. The fraction of sp³-hybridized carbons (Fsp3) is 0.462. The van der Waals surface area contributed by atoms with Gasteiger partial charge in [-0.2, -0.15) is 0 Å². The molecule has 2 aromatic rings. The first-order valence-electron chi connectivity index (χ1n) is 11.7. The SMILES string of the molecule is CC(C)N(CCCCCN1C(=O)C(c2cccc(/C(N)=N/O)c2)Oc2ccccc21)C(C)C. The first kappa shape index (κ1) is 24.6. The van der Waals surface area contributed by atoms with Gasteiger partial charge in [0.05, 0.1) is 5.69 Å². The van der Waals surface area contributed by atoms with E-state index in [1.165, 1.54) is 0 Å². The Morgan fingerprint density at radius 2 is 1.82 bits per heavy atom. The number of amides is 1. The van der Waals surface area contributed by atoms with Crippen molar-refractivity contribution in [3.8, 4) is 5.75 Å². The van der Waals surface area contributed by atoms with Crippen molar-refractivity contribution in [3.63, 3.8) is 0 Å². The monoisotopic (exact) mass is 452 g/mol. The minimum Gasteiger partial charge on any atom is -0.474 e. The molecule has 3 rings (SSSR count). The summed E-state index contributed by atoms with van der Waals surface area (Å²) >= 11 is 0. The molecular weight excluding hydrogens is 416 g/mol. The minimum absolute atomic E-state index is 0.00537. The summed E-state index contributed by atoms with van der Waals surface area (Å²) in [6.45, 7) is 10.6. The molecule has 0 radical (unpaired) electrons. The average Bonchev–Trinajstić information content (AvgIpc) is 2.81. The van der Waals surface area contributed by atoms with Gasteiger partial charge in [-0.25, -0.2) is 0 Å². The van der Waals surface area contributed by atoms with Crippen LogP contribution in [0.3, 0.4) is 0 Å². The summed E-state index contributed by atoms with van der Waals surface area (Å²) in [5.74, 6) is 0.577. The molecule has 1 aliphatic heterocycles. The lowest BCUT2D eigenvalue weighted by atomic mass is 10.0. The Kier molecular flexibility index (Phi) is 8.33. The molecule has 0 aromatic heterocycles. The highest BCUT2D eigenvalue weighted by molar-refractivity contribution is 6.01. The maximum atomic E-state index is 13.5. The van der Waals surface area contributed by atoms with Crippen molar-refractivity contribution in [1.82, 2.24) is 4.90 Å². The quantitative estimate of drug-likeness (QED) is 0.182. The fourth-order valence-electron chi connectivity index (χ4n) is 4.43. The van der Waals surface area contributed by atoms with Gasteiger partial charge in [0.2, 0.25) is 6.10 Å². The van der Waals surface area contributed by atoms with Crippen molar-refractivity contribution >= 4 is 17.4 Å². The number of unbranched alkanes of at least 4 members (excludes halogenated alkanes) is 2. The first-order valence-corrected chi connectivity index (χ1v) is 11.7. The molecule has 0 bridgehead atoms. The number of nitrogens with zero attached hydrogens (tertiary/aromatic N) is 3. The average molecular weight is 453 g/mol. The first-order chi connectivity index (χ1) is 15.8. The van der Waals surface area contributed by atoms with E-state index in [1.54, 1.807) is 18.2 Å². The summed E-state index contributed by atoms with van der Waals surface area (Å²) in [5, 5.41) is 12.1. The summed E-state index contributed by atoms with van der Waals surface area (Å²) in [7, 11) is 0. The molecular formula is C26H36N4O3. The molecule has 0 fully saturated rings. The van der Waals surface area contributed by atoms with Crippen LogP contribution in [0.1, 0.15) is 64.2 Å². The highest BCUT2D eigenvalue weighted by atomic mass is 16.5. The second-order valence-corrected chi connectivity index (χ2v) is 9.05. The minimum atomic E-state index is -0.774. The Morgan fingerprint density at radius 3 is 2.52 bits per heavy atom. The van der Waals surface area contributed by atoms with Crippen LogP contribution in [0, 0.1) is 0 Å². The lowest BCUT2D eigenvalue weighted by Crippen LogP contribution is -2.42. The van der Waals surface area contributed by atoms with E-state index in [1.807, 2.05) is 35.2 Å². The zero-order chi connectivity index (χ0) is 24.0. The van der Waals surface area contributed by atoms with Gasteiger partial charge < -0.3 is 20.6 Å². The van der Waals surface area contributed by atoms with Crippen LogP contribution in [-0.4, -0.2) is 47.0 Å². The molecule has 3 N–H and O–H groups in total. The Balaban J connectivity index is 1.72. The molecule has 7 heteroatoms. The molecule has 0 spiro atoms. The third kappa shape index (κ3) is 5.85. The van der Waals surface area contributed by atoms with Gasteiger partial charge in [0.15, 0.2) is 5.84 Å². The molecule has 7 nitrogen and oxygen atoms in total. The van der Waals surface area contributed by atoms with Gasteiger partial charge in [0.25, 0.3) is 5.91 Å². The van der Waals surface area contributed by atoms with Gasteiger partial charge in [-0.1, -0.05) is 41.9 Å². The highest BCUT2D eigenvalue weighted by Crippen LogP contribution is 2.39. The Labute approximate surface area is 196 Å². The maximum Gasteiger partial charge on any atom is 0.272 e. The van der Waals surface area contributed by atoms with Gasteiger partial charge in [0.1, 0.15) is 5.75 Å². The number of carbonyl (C=O) groups is 1. The Morgan fingerprint density at radius 1 is 1.09 bits per heavy atom. The number of amidine groups is 1. The predicted molar refractivity (Wildman–Crippen MR) is 132 cm³/mol. The Hall–Kier alpha value is -3.06. The molecule has 0 saturated heterocycles. The number of anilines is 1. The molecule has 1 unspecified atom stereocenters. The molecule has 33 heavy (non-hydrogen) atoms. The van der Waals surface area contributed by atoms with Gasteiger partial charge in [-0.05, 0) is 65.3 Å². The zero-order valence-corrected chi connectivity index (χ0v) is 20.1. The summed E-state index contributed by atoms with van der Waals surface area (Å²) in [6.07, 6.45) is 2.29. The molecule has 0 aliphatic carbocycles. The second-order valence-electron chi connectivity index (χ2n) is 9.05. The van der Waals surface area contributed by atoms with Gasteiger partial charge in [0, 0.05) is 29.8 Å². The number of oxime groups is 1. The molecule has 1 amide bonds. The maximum absolute atomic E-state index is 13.5. The van der Waals surface area contributed by atoms with Crippen LogP contribution in [0.2, 0.25) is 0 Å². The third-order valence-electron chi connectivity index (χ3n) is 6.11. The van der Waals surface area contributed by atoms with Crippen molar-refractivity contribution in [2.75, 3.05) is 18.0 Å². The van der Waals surface area contributed by atoms with Crippen LogP contribution in [0.4, 0.5) is 5.69 Å². The van der Waals surface area contributed by atoms with Crippen molar-refractivity contribution in [3.05, 3.63) is 59.7 Å². The van der Waals surface area contributed by atoms with E-state index in [2.05, 4.69) is 37.8 Å². The normalized spacial score (nSPS) is 16.5. The smallest absolute Gasteiger partial charge is 0.272 e. The summed E-state index contributed by atoms with van der Waals surface area (Å²) < 4.78 is 6.10. The summed E-state index contributed by atoms with van der Waals surface area (Å²) in [4.78, 5) is 17.8. The van der Waals surface area contributed by atoms with E-state index < -0.39 is 6.10 Å². The number of para-hydroxylation sites is 2. The largest absolute Gasteiger partial charge is 0.474 e. The lowest BCUT2D eigenvalue weighted by Gasteiger charge is -2.35. The number of hydrogen-bond acceptors (Lipinski definition) is 5. The van der Waals surface area contributed by atoms with Crippen LogP contribution in [0.25, 0.3) is 0 Å². The molecule has 178 valence electrons. The van der Waals surface area contributed by atoms with E-state index in [0.29, 0.717) is 35.5 Å². The van der Waals surface area contributed by atoms with Crippen LogP contribution < -0.4 is 15.4 Å². The van der Waals surface area contributed by atoms with Gasteiger partial charge in [-0.3, -0.25) is 9.69 Å². The van der Waals surface area contributed by atoms with Crippen LogP contribution in [-0.2, 0) is 4.79 Å². The number of hydrogen-bond donors (Lipinski definition) is 2. The predicted octanol–water partition coefficient (Wildman–Crippen LogP) is 4.54. The van der Waals surface area contributed by atoms with E-state index in [0.717, 1.165) is 31.5 Å². The fourth-order valence-corrected chi connectivity index (χ4v) is 4.43. The van der Waals surface area contributed by atoms with Crippen molar-refractivity contribution < 1.29 is 14.7 Å². The second kappa shape index (κ2) is 11.2. The topological polar surface area (TPSA) is 91.4 Å². The molecule has 1 atom stereocenters. The number of fused-ring (bicyclic) bond motifs is 1. The van der Waals surface area contributed by atoms with E-state index in [4.69, 9.17) is 15.7 Å². The highest BCUT2D eigenvalue weighted by Gasteiger charge is 2.35. The van der Waals surface area contributed by atoms with Crippen LogP contribution in [0.5, 0.6) is 5.75 Å². The number of carbonyl (C=O) groups excluding carboxylic acids is 1.